The summed E-state index contributed by atoms with van der Waals surface area (Å²) in [4.78, 5) is 19.9. The Hall–Kier alpha value is -1.29. The van der Waals surface area contributed by atoms with Crippen molar-refractivity contribution in [2.24, 2.45) is 17.6 Å². The number of pyridine rings is 1. The molecule has 0 spiro atoms. The number of carbonyl (C=O) groups is 1. The van der Waals surface area contributed by atoms with E-state index in [4.69, 9.17) is 27.1 Å². The molecule has 1 fully saturated rings. The molecule has 1 saturated carbocycles. The minimum atomic E-state index is -0.753. The molecule has 3 atom stereocenters. The van der Waals surface area contributed by atoms with Gasteiger partial charge in [-0.1, -0.05) is 32.4 Å². The number of aromatic nitrogens is 1. The number of nitrogens with two attached hydrogens (primary N) is 1. The second-order valence-corrected chi connectivity index (χ2v) is 10.4. The van der Waals surface area contributed by atoms with E-state index in [0.717, 1.165) is 6.54 Å². The van der Waals surface area contributed by atoms with E-state index < -0.39 is 18.6 Å². The van der Waals surface area contributed by atoms with Crippen molar-refractivity contribution < 1.29 is 13.9 Å². The van der Waals surface area contributed by atoms with Crippen molar-refractivity contribution in [2.45, 2.75) is 38.5 Å². The molecule has 2 unspecified atom stereocenters. The molecule has 31 heavy (non-hydrogen) atoms. The van der Waals surface area contributed by atoms with Gasteiger partial charge in [-0.3, -0.25) is 4.79 Å². The van der Waals surface area contributed by atoms with Gasteiger partial charge in [0.15, 0.2) is 5.82 Å². The van der Waals surface area contributed by atoms with Crippen LogP contribution in [0.5, 0.6) is 0 Å². The van der Waals surface area contributed by atoms with Crippen LogP contribution in [0.2, 0.25) is 5.02 Å². The molecule has 0 radical (unpaired) electrons. The Labute approximate surface area is 194 Å². The van der Waals surface area contributed by atoms with E-state index in [1.54, 1.807) is 25.1 Å². The summed E-state index contributed by atoms with van der Waals surface area (Å²) in [6.45, 7) is 7.75. The van der Waals surface area contributed by atoms with Crippen LogP contribution in [-0.4, -0.2) is 69.3 Å². The maximum Gasteiger partial charge on any atom is 0.253 e. The SMILES string of the molecule is COCCN(CC1CC1C)c1cc(C(=O)NC[C@@H](N)CF)c(Cl)c(N(C)SC(C)C)n1. The summed E-state index contributed by atoms with van der Waals surface area (Å²) in [6.07, 6.45) is 1.18. The molecule has 176 valence electrons. The van der Waals surface area contributed by atoms with Crippen LogP contribution in [0.3, 0.4) is 0 Å². The third-order valence-electron chi connectivity index (χ3n) is 5.18. The molecule has 0 aliphatic heterocycles. The van der Waals surface area contributed by atoms with Gasteiger partial charge in [-0.05, 0) is 36.3 Å². The van der Waals surface area contributed by atoms with Crippen LogP contribution in [0.1, 0.15) is 37.6 Å². The van der Waals surface area contributed by atoms with Crippen LogP contribution in [0, 0.1) is 11.8 Å². The van der Waals surface area contributed by atoms with Gasteiger partial charge in [-0.15, -0.1) is 0 Å². The number of rotatable bonds is 13. The molecule has 1 aromatic rings. The zero-order chi connectivity index (χ0) is 23.1. The van der Waals surface area contributed by atoms with Crippen molar-refractivity contribution in [1.82, 2.24) is 10.3 Å². The highest BCUT2D eigenvalue weighted by atomic mass is 35.5. The van der Waals surface area contributed by atoms with Crippen molar-refractivity contribution in [3.63, 3.8) is 0 Å². The summed E-state index contributed by atoms with van der Waals surface area (Å²) in [5.74, 6) is 2.07. The molecular weight excluding hydrogens is 441 g/mol. The van der Waals surface area contributed by atoms with E-state index >= 15 is 0 Å². The van der Waals surface area contributed by atoms with Crippen LogP contribution < -0.4 is 20.3 Å². The topological polar surface area (TPSA) is 83.7 Å². The van der Waals surface area contributed by atoms with Crippen LogP contribution in [0.4, 0.5) is 16.0 Å². The Bertz CT molecular complexity index is 742. The van der Waals surface area contributed by atoms with Crippen LogP contribution in [-0.2, 0) is 4.74 Å². The van der Waals surface area contributed by atoms with Crippen LogP contribution in [0.15, 0.2) is 6.07 Å². The monoisotopic (exact) mass is 475 g/mol. The molecule has 1 aromatic heterocycles. The molecule has 10 heteroatoms. The second kappa shape index (κ2) is 12.1. The summed E-state index contributed by atoms with van der Waals surface area (Å²) in [5.41, 5.74) is 5.91. The van der Waals surface area contributed by atoms with Gasteiger partial charge in [0.25, 0.3) is 5.91 Å². The van der Waals surface area contributed by atoms with Gasteiger partial charge < -0.3 is 25.0 Å². The van der Waals surface area contributed by atoms with E-state index in [-0.39, 0.29) is 11.6 Å². The standard InChI is InChI=1S/C21H35ClFN5O2S/c1-13(2)31-27(4)20-19(22)17(21(29)25-11-16(24)10-23)9-18(26-20)28(6-7-30-5)12-15-8-14(15)3/h9,13-16H,6-8,10-12,24H2,1-5H3,(H,25,29)/t14?,15?,16-/m0/s1. The first-order valence-electron chi connectivity index (χ1n) is 10.6. The largest absolute Gasteiger partial charge is 0.383 e. The van der Waals surface area contributed by atoms with E-state index in [2.05, 4.69) is 31.0 Å². The fourth-order valence-electron chi connectivity index (χ4n) is 3.22. The van der Waals surface area contributed by atoms with Crippen LogP contribution >= 0.6 is 23.5 Å². The molecule has 1 aliphatic rings. The molecule has 0 bridgehead atoms. The number of halogens is 2. The third-order valence-corrected chi connectivity index (χ3v) is 6.47. The molecule has 1 amide bonds. The van der Waals surface area contributed by atoms with E-state index in [1.807, 2.05) is 11.4 Å². The van der Waals surface area contributed by atoms with E-state index in [1.165, 1.54) is 6.42 Å². The van der Waals surface area contributed by atoms with Gasteiger partial charge >= 0.3 is 0 Å². The lowest BCUT2D eigenvalue weighted by atomic mass is 10.2. The minimum Gasteiger partial charge on any atom is -0.383 e. The van der Waals surface area contributed by atoms with Gasteiger partial charge in [0.2, 0.25) is 0 Å². The molecular formula is C21H35ClFN5O2S. The smallest absolute Gasteiger partial charge is 0.253 e. The number of hydrogen-bond acceptors (Lipinski definition) is 7. The Kier molecular flexibility index (Phi) is 10.1. The van der Waals surface area contributed by atoms with Crippen molar-refractivity contribution in [2.75, 3.05) is 56.3 Å². The van der Waals surface area contributed by atoms with Gasteiger partial charge in [0.05, 0.1) is 23.2 Å². The molecule has 0 saturated heterocycles. The van der Waals surface area contributed by atoms with E-state index in [0.29, 0.717) is 47.4 Å². The number of methoxy groups -OCH3 is 1. The highest BCUT2D eigenvalue weighted by Gasteiger charge is 2.34. The first kappa shape index (κ1) is 26.0. The molecule has 1 heterocycles. The van der Waals surface area contributed by atoms with Gasteiger partial charge in [0.1, 0.15) is 12.5 Å². The average Bonchev–Trinajstić information content (AvgIpc) is 3.42. The fraction of sp³-hybridized carbons (Fsp3) is 0.714. The molecule has 7 nitrogen and oxygen atoms in total. The second-order valence-electron chi connectivity index (χ2n) is 8.35. The maximum absolute atomic E-state index is 12.9. The summed E-state index contributed by atoms with van der Waals surface area (Å²) in [6, 6.07) is 0.955. The Morgan fingerprint density at radius 2 is 2.19 bits per heavy atom. The van der Waals surface area contributed by atoms with Crippen molar-refractivity contribution >= 4 is 41.1 Å². The first-order valence-corrected chi connectivity index (χ1v) is 11.8. The predicted octanol–water partition coefficient (Wildman–Crippen LogP) is 3.36. The first-order chi connectivity index (χ1) is 14.7. The number of ether oxygens (including phenoxy) is 1. The van der Waals surface area contributed by atoms with Crippen molar-refractivity contribution in [3.05, 3.63) is 16.7 Å². The third kappa shape index (κ3) is 7.66. The lowest BCUT2D eigenvalue weighted by Crippen LogP contribution is -2.39. The number of hydrogen-bond donors (Lipinski definition) is 2. The van der Waals surface area contributed by atoms with Crippen molar-refractivity contribution in [1.29, 1.82) is 0 Å². The number of anilines is 2. The summed E-state index contributed by atoms with van der Waals surface area (Å²) >= 11 is 8.20. The number of nitrogens with one attached hydrogen (secondary N) is 1. The molecule has 3 N–H and O–H groups in total. The molecule has 0 aromatic carbocycles. The fourth-order valence-corrected chi connectivity index (χ4v) is 4.44. The quantitative estimate of drug-likeness (QED) is 0.423. The normalized spacial score (nSPS) is 18.7. The summed E-state index contributed by atoms with van der Waals surface area (Å²) < 4.78 is 19.9. The highest BCUT2D eigenvalue weighted by Crippen LogP contribution is 2.40. The Morgan fingerprint density at radius 1 is 1.52 bits per heavy atom. The molecule has 2 rings (SSSR count). The molecule has 1 aliphatic carbocycles. The van der Waals surface area contributed by atoms with Crippen LogP contribution in [0.25, 0.3) is 0 Å². The lowest BCUT2D eigenvalue weighted by molar-refractivity contribution is 0.0950. The zero-order valence-corrected chi connectivity index (χ0v) is 20.6. The average molecular weight is 476 g/mol. The van der Waals surface area contributed by atoms with Gasteiger partial charge in [-0.2, -0.15) is 0 Å². The number of carbonyl (C=O) groups excluding carboxylic acids is 1. The predicted molar refractivity (Wildman–Crippen MR) is 128 cm³/mol. The zero-order valence-electron chi connectivity index (χ0n) is 19.0. The highest BCUT2D eigenvalue weighted by molar-refractivity contribution is 8.01. The van der Waals surface area contributed by atoms with E-state index in [9.17, 15) is 9.18 Å². The Balaban J connectivity index is 2.41. The minimum absolute atomic E-state index is 0.0300. The number of alkyl halides is 1. The number of nitrogens with zero attached hydrogens (tertiary/aromatic N) is 3. The van der Waals surface area contributed by atoms with Gasteiger partial charge in [0, 0.05) is 39.0 Å². The number of amides is 1. The van der Waals surface area contributed by atoms with Gasteiger partial charge in [-0.25, -0.2) is 9.37 Å². The van der Waals surface area contributed by atoms with Crippen molar-refractivity contribution in [3.8, 4) is 0 Å². The lowest BCUT2D eigenvalue weighted by Gasteiger charge is -2.27. The Morgan fingerprint density at radius 3 is 2.74 bits per heavy atom. The maximum atomic E-state index is 12.9. The summed E-state index contributed by atoms with van der Waals surface area (Å²) in [5, 5.41) is 3.25. The summed E-state index contributed by atoms with van der Waals surface area (Å²) in [7, 11) is 3.55.